The minimum Gasteiger partial charge on any atom is -0.487 e. The molecule has 32 heavy (non-hydrogen) atoms. The number of rotatable bonds is 5. The highest BCUT2D eigenvalue weighted by Crippen LogP contribution is 2.38. The second-order valence-corrected chi connectivity index (χ2v) is 9.36. The van der Waals surface area contributed by atoms with Crippen LogP contribution in [0.5, 0.6) is 5.75 Å². The van der Waals surface area contributed by atoms with Gasteiger partial charge in [0.15, 0.2) is 0 Å². The van der Waals surface area contributed by atoms with Crippen molar-refractivity contribution < 1.29 is 14.3 Å². The van der Waals surface area contributed by atoms with E-state index < -0.39 is 0 Å². The van der Waals surface area contributed by atoms with Gasteiger partial charge in [-0.3, -0.25) is 14.7 Å². The van der Waals surface area contributed by atoms with Gasteiger partial charge in [0, 0.05) is 31.3 Å². The minimum absolute atomic E-state index is 0.0501. The predicted molar refractivity (Wildman–Crippen MR) is 124 cm³/mol. The third-order valence-corrected chi connectivity index (χ3v) is 7.23. The van der Waals surface area contributed by atoms with E-state index in [1.165, 1.54) is 12.0 Å². The van der Waals surface area contributed by atoms with Crippen LogP contribution in [0.2, 0.25) is 0 Å². The summed E-state index contributed by atoms with van der Waals surface area (Å²) in [4.78, 5) is 20.5. The van der Waals surface area contributed by atoms with E-state index in [-0.39, 0.29) is 17.6 Å². The van der Waals surface area contributed by atoms with Gasteiger partial charge in [0.1, 0.15) is 17.4 Å². The van der Waals surface area contributed by atoms with Crippen LogP contribution in [0, 0.1) is 6.92 Å². The Morgan fingerprint density at radius 1 is 1.16 bits per heavy atom. The van der Waals surface area contributed by atoms with Crippen molar-refractivity contribution in [2.24, 2.45) is 0 Å². The lowest BCUT2D eigenvalue weighted by atomic mass is 9.79. The number of nitrogens with one attached hydrogen (secondary N) is 1. The molecule has 170 valence electrons. The molecule has 0 radical (unpaired) electrons. The van der Waals surface area contributed by atoms with Gasteiger partial charge in [-0.2, -0.15) is 0 Å². The number of pyridine rings is 1. The number of morpholine rings is 1. The van der Waals surface area contributed by atoms with Crippen molar-refractivity contribution in [1.29, 1.82) is 0 Å². The van der Waals surface area contributed by atoms with Gasteiger partial charge in [-0.1, -0.05) is 37.5 Å². The minimum atomic E-state index is -0.384. The monoisotopic (exact) mass is 435 g/mol. The molecule has 0 spiro atoms. The zero-order chi connectivity index (χ0) is 22.0. The largest absolute Gasteiger partial charge is 0.487 e. The Labute approximate surface area is 190 Å². The first-order chi connectivity index (χ1) is 15.7. The van der Waals surface area contributed by atoms with Crippen LogP contribution in [0.3, 0.4) is 0 Å². The number of nitrogens with zero attached hydrogens (tertiary/aromatic N) is 2. The predicted octanol–water partition coefficient (Wildman–Crippen LogP) is 3.51. The molecule has 1 amide bonds. The fourth-order valence-corrected chi connectivity index (χ4v) is 5.47. The van der Waals surface area contributed by atoms with Crippen LogP contribution in [0.1, 0.15) is 43.2 Å². The van der Waals surface area contributed by atoms with Crippen molar-refractivity contribution in [2.75, 3.05) is 32.8 Å². The molecular weight excluding hydrogens is 402 g/mol. The topological polar surface area (TPSA) is 63.7 Å². The summed E-state index contributed by atoms with van der Waals surface area (Å²) in [6, 6.07) is 10.4. The lowest BCUT2D eigenvalue weighted by Gasteiger charge is -2.46. The van der Waals surface area contributed by atoms with Gasteiger partial charge in [0.25, 0.3) is 0 Å². The Balaban J connectivity index is 1.27. The van der Waals surface area contributed by atoms with Gasteiger partial charge in [-0.25, -0.2) is 0 Å². The highest BCUT2D eigenvalue weighted by molar-refractivity contribution is 5.86. The average Bonchev–Trinajstić information content (AvgIpc) is 3.27. The van der Waals surface area contributed by atoms with E-state index in [2.05, 4.69) is 39.5 Å². The lowest BCUT2D eigenvalue weighted by molar-refractivity contribution is -0.140. The van der Waals surface area contributed by atoms with E-state index in [0.717, 1.165) is 67.8 Å². The number of aryl methyl sites for hydroxylation is 1. The SMILES string of the molecule is Cc1ccc(-c2cccc3c2O[C@H](CNC(=O)C2(N4CCOCC4)CCCCC2)C3)nc1. The Morgan fingerprint density at radius 3 is 2.72 bits per heavy atom. The number of para-hydroxylation sites is 1. The third kappa shape index (κ3) is 4.14. The number of amides is 1. The van der Waals surface area contributed by atoms with E-state index in [1.54, 1.807) is 0 Å². The van der Waals surface area contributed by atoms with Crippen molar-refractivity contribution in [2.45, 2.75) is 57.1 Å². The molecule has 1 atom stereocenters. The maximum atomic E-state index is 13.5. The number of ether oxygens (including phenoxy) is 2. The molecule has 1 aromatic heterocycles. The number of carbonyl (C=O) groups is 1. The van der Waals surface area contributed by atoms with Gasteiger partial charge >= 0.3 is 0 Å². The normalized spacial score (nSPS) is 22.7. The van der Waals surface area contributed by atoms with Crippen LogP contribution in [-0.4, -0.2) is 60.3 Å². The zero-order valence-electron chi connectivity index (χ0n) is 18.9. The van der Waals surface area contributed by atoms with Crippen LogP contribution < -0.4 is 10.1 Å². The molecule has 3 heterocycles. The summed E-state index contributed by atoms with van der Waals surface area (Å²) in [5.74, 6) is 1.07. The fourth-order valence-electron chi connectivity index (χ4n) is 5.47. The highest BCUT2D eigenvalue weighted by atomic mass is 16.5. The molecule has 1 saturated carbocycles. The molecule has 0 unspecified atom stereocenters. The van der Waals surface area contributed by atoms with Crippen molar-refractivity contribution >= 4 is 5.91 Å². The van der Waals surface area contributed by atoms with Crippen LogP contribution in [-0.2, 0) is 16.0 Å². The molecule has 6 nitrogen and oxygen atoms in total. The zero-order valence-corrected chi connectivity index (χ0v) is 18.9. The molecule has 2 aliphatic heterocycles. The quantitative estimate of drug-likeness (QED) is 0.779. The first kappa shape index (κ1) is 21.4. The van der Waals surface area contributed by atoms with E-state index in [1.807, 2.05) is 19.2 Å². The van der Waals surface area contributed by atoms with E-state index in [0.29, 0.717) is 19.8 Å². The Hall–Kier alpha value is -2.44. The summed E-state index contributed by atoms with van der Waals surface area (Å²) < 4.78 is 11.9. The van der Waals surface area contributed by atoms with Crippen LogP contribution >= 0.6 is 0 Å². The van der Waals surface area contributed by atoms with Gasteiger partial charge in [0.2, 0.25) is 5.91 Å². The van der Waals surface area contributed by atoms with Crippen molar-refractivity contribution in [3.8, 4) is 17.0 Å². The number of carbonyl (C=O) groups excluding carboxylic acids is 1. The number of fused-ring (bicyclic) bond motifs is 1. The van der Waals surface area contributed by atoms with Crippen molar-refractivity contribution in [1.82, 2.24) is 15.2 Å². The molecule has 3 aliphatic rings. The molecule has 2 aromatic rings. The van der Waals surface area contributed by atoms with Gasteiger partial charge in [-0.05, 0) is 43.0 Å². The number of hydrogen-bond donors (Lipinski definition) is 1. The number of hydrogen-bond acceptors (Lipinski definition) is 5. The summed E-state index contributed by atoms with van der Waals surface area (Å²) >= 11 is 0. The molecule has 6 heteroatoms. The summed E-state index contributed by atoms with van der Waals surface area (Å²) in [5, 5.41) is 3.27. The summed E-state index contributed by atoms with van der Waals surface area (Å²) in [5.41, 5.74) is 3.88. The molecular formula is C26H33N3O3. The van der Waals surface area contributed by atoms with E-state index in [9.17, 15) is 4.79 Å². The summed E-state index contributed by atoms with van der Waals surface area (Å²) in [6.07, 6.45) is 7.96. The van der Waals surface area contributed by atoms with Gasteiger partial charge in [0.05, 0.1) is 25.5 Å². The lowest BCUT2D eigenvalue weighted by Crippen LogP contribution is -2.62. The van der Waals surface area contributed by atoms with Crippen molar-refractivity contribution in [3.63, 3.8) is 0 Å². The summed E-state index contributed by atoms with van der Waals surface area (Å²) in [6.45, 7) is 5.67. The van der Waals surface area contributed by atoms with Crippen LogP contribution in [0.4, 0.5) is 0 Å². The van der Waals surface area contributed by atoms with E-state index in [4.69, 9.17) is 9.47 Å². The Morgan fingerprint density at radius 2 is 1.97 bits per heavy atom. The molecule has 1 aliphatic carbocycles. The third-order valence-electron chi connectivity index (χ3n) is 7.23. The van der Waals surface area contributed by atoms with Crippen LogP contribution in [0.25, 0.3) is 11.3 Å². The van der Waals surface area contributed by atoms with Gasteiger partial charge in [-0.15, -0.1) is 0 Å². The smallest absolute Gasteiger partial charge is 0.240 e. The highest BCUT2D eigenvalue weighted by Gasteiger charge is 2.45. The average molecular weight is 436 g/mol. The molecule has 5 rings (SSSR count). The summed E-state index contributed by atoms with van der Waals surface area (Å²) in [7, 11) is 0. The Kier molecular flexibility index (Phi) is 6.15. The van der Waals surface area contributed by atoms with Crippen molar-refractivity contribution in [3.05, 3.63) is 47.7 Å². The molecule has 1 aromatic carbocycles. The second-order valence-electron chi connectivity index (χ2n) is 9.36. The van der Waals surface area contributed by atoms with Crippen LogP contribution in [0.15, 0.2) is 36.5 Å². The maximum absolute atomic E-state index is 13.5. The van der Waals surface area contributed by atoms with E-state index >= 15 is 0 Å². The molecule has 0 bridgehead atoms. The first-order valence-electron chi connectivity index (χ1n) is 12.0. The Bertz CT molecular complexity index is 947. The molecule has 1 saturated heterocycles. The number of benzene rings is 1. The standard InChI is InChI=1S/C26H33N3O3/c1-19-8-9-23(27-17-19)22-7-5-6-20-16-21(32-24(20)22)18-28-25(30)26(10-3-2-4-11-26)29-12-14-31-15-13-29/h5-9,17,21H,2-4,10-16,18H2,1H3,(H,28,30)/t21-/m0/s1. The molecule has 1 N–H and O–H groups in total. The molecule has 2 fully saturated rings. The van der Waals surface area contributed by atoms with Gasteiger partial charge < -0.3 is 14.8 Å². The fraction of sp³-hybridized carbons (Fsp3) is 0.538. The number of aromatic nitrogens is 1. The maximum Gasteiger partial charge on any atom is 0.240 e. The first-order valence-corrected chi connectivity index (χ1v) is 12.0. The second kappa shape index (κ2) is 9.20.